The molecule has 1 aliphatic rings. The zero-order chi connectivity index (χ0) is 15.5. The third-order valence-electron chi connectivity index (χ3n) is 3.84. The molecule has 0 amide bonds. The molecule has 0 fully saturated rings. The van der Waals surface area contributed by atoms with Crippen molar-refractivity contribution in [2.24, 2.45) is 0 Å². The van der Waals surface area contributed by atoms with E-state index in [4.69, 9.17) is 4.65 Å². The second-order valence-corrected chi connectivity index (χ2v) is 5.34. The van der Waals surface area contributed by atoms with Gasteiger partial charge in [-0.05, 0) is 29.3 Å². The second kappa shape index (κ2) is 6.42. The van der Waals surface area contributed by atoms with Crippen LogP contribution in [0.5, 0.6) is 0 Å². The summed E-state index contributed by atoms with van der Waals surface area (Å²) >= 11 is 0. The molecule has 0 aliphatic carbocycles. The Kier molecular flexibility index (Phi) is 4.36. The lowest BCUT2D eigenvalue weighted by molar-refractivity contribution is 0.340. The quantitative estimate of drug-likeness (QED) is 0.803. The Hall–Kier alpha value is -1.98. The van der Waals surface area contributed by atoms with Crippen LogP contribution in [0.4, 0.5) is 8.78 Å². The summed E-state index contributed by atoms with van der Waals surface area (Å²) in [5.41, 5.74) is 2.20. The first-order valence-corrected chi connectivity index (χ1v) is 7.13. The van der Waals surface area contributed by atoms with Gasteiger partial charge in [0.15, 0.2) is 0 Å². The molecule has 3 rings (SSSR count). The Bertz CT molecular complexity index is 690. The Labute approximate surface area is 129 Å². The second-order valence-electron chi connectivity index (χ2n) is 5.34. The van der Waals surface area contributed by atoms with Crippen LogP contribution in [0.1, 0.15) is 17.2 Å². The summed E-state index contributed by atoms with van der Waals surface area (Å²) in [4.78, 5) is 2.08. The van der Waals surface area contributed by atoms with Crippen LogP contribution in [0.2, 0.25) is 0 Å². The van der Waals surface area contributed by atoms with Crippen molar-refractivity contribution >= 4 is 13.2 Å². The standard InChI is InChI=1S/C17H16BF2NO/c1-22-18-21-11-13(15-10-14(19)7-8-16(15)20)9-17(21)12-5-3-2-4-6-12/h2-10,17-18H,11H2,1H3/t17-/m0/s1. The van der Waals surface area contributed by atoms with Gasteiger partial charge in [-0.1, -0.05) is 36.4 Å². The maximum absolute atomic E-state index is 14.0. The molecule has 1 aliphatic heterocycles. The van der Waals surface area contributed by atoms with E-state index < -0.39 is 11.6 Å². The van der Waals surface area contributed by atoms with Crippen LogP contribution < -0.4 is 0 Å². The summed E-state index contributed by atoms with van der Waals surface area (Å²) in [6, 6.07) is 13.5. The van der Waals surface area contributed by atoms with E-state index >= 15 is 0 Å². The number of benzene rings is 2. The van der Waals surface area contributed by atoms with Crippen LogP contribution in [0, 0.1) is 11.6 Å². The van der Waals surface area contributed by atoms with E-state index in [1.807, 2.05) is 36.4 Å². The normalized spacial score (nSPS) is 18.3. The maximum atomic E-state index is 14.0. The average molecular weight is 299 g/mol. The summed E-state index contributed by atoms with van der Waals surface area (Å²) < 4.78 is 32.7. The molecular weight excluding hydrogens is 283 g/mol. The molecule has 0 radical (unpaired) electrons. The third-order valence-corrected chi connectivity index (χ3v) is 3.84. The molecule has 1 heterocycles. The van der Waals surface area contributed by atoms with E-state index in [9.17, 15) is 8.78 Å². The van der Waals surface area contributed by atoms with Crippen molar-refractivity contribution in [2.75, 3.05) is 13.7 Å². The lowest BCUT2D eigenvalue weighted by atomic mass is 10.0. The van der Waals surface area contributed by atoms with Gasteiger partial charge in [0.1, 0.15) is 11.6 Å². The third kappa shape index (κ3) is 2.96. The summed E-state index contributed by atoms with van der Waals surface area (Å²) in [6.07, 6.45) is 1.98. The van der Waals surface area contributed by atoms with E-state index in [0.717, 1.165) is 17.2 Å². The first-order chi connectivity index (χ1) is 10.7. The van der Waals surface area contributed by atoms with E-state index in [0.29, 0.717) is 19.7 Å². The zero-order valence-corrected chi connectivity index (χ0v) is 12.3. The number of nitrogens with zero attached hydrogens (tertiary/aromatic N) is 1. The Balaban J connectivity index is 1.97. The minimum atomic E-state index is -0.432. The molecule has 2 aromatic carbocycles. The molecule has 22 heavy (non-hydrogen) atoms. The van der Waals surface area contributed by atoms with E-state index in [1.165, 1.54) is 12.1 Å². The Morgan fingerprint density at radius 3 is 2.64 bits per heavy atom. The van der Waals surface area contributed by atoms with Gasteiger partial charge in [0, 0.05) is 25.3 Å². The minimum absolute atomic E-state index is 0.00110. The van der Waals surface area contributed by atoms with Crippen molar-refractivity contribution in [3.63, 3.8) is 0 Å². The van der Waals surface area contributed by atoms with Crippen molar-refractivity contribution in [3.8, 4) is 0 Å². The minimum Gasteiger partial charge on any atom is -0.427 e. The van der Waals surface area contributed by atoms with Gasteiger partial charge < -0.3 is 9.47 Å². The van der Waals surface area contributed by atoms with Crippen LogP contribution in [0.15, 0.2) is 54.6 Å². The molecule has 0 saturated carbocycles. The highest BCUT2D eigenvalue weighted by Crippen LogP contribution is 2.34. The SMILES string of the molecule is COBN1CC(c2cc(F)ccc2F)=C[C@H]1c1ccccc1. The Morgan fingerprint density at radius 1 is 1.14 bits per heavy atom. The molecule has 0 saturated heterocycles. The van der Waals surface area contributed by atoms with Crippen molar-refractivity contribution in [1.82, 2.24) is 4.81 Å². The van der Waals surface area contributed by atoms with Gasteiger partial charge in [0.25, 0.3) is 0 Å². The highest BCUT2D eigenvalue weighted by molar-refractivity contribution is 6.24. The van der Waals surface area contributed by atoms with Crippen molar-refractivity contribution in [3.05, 3.63) is 77.4 Å². The molecule has 0 aromatic heterocycles. The lowest BCUT2D eigenvalue weighted by Gasteiger charge is -2.22. The predicted molar refractivity (Wildman–Crippen MR) is 84.4 cm³/mol. The predicted octanol–water partition coefficient (Wildman–Crippen LogP) is 3.32. The van der Waals surface area contributed by atoms with Crippen molar-refractivity contribution in [2.45, 2.75) is 6.04 Å². The van der Waals surface area contributed by atoms with Gasteiger partial charge in [0.2, 0.25) is 0 Å². The van der Waals surface area contributed by atoms with E-state index in [1.54, 1.807) is 7.11 Å². The molecule has 0 bridgehead atoms. The van der Waals surface area contributed by atoms with Gasteiger partial charge in [-0.3, -0.25) is 0 Å². The molecule has 0 N–H and O–H groups in total. The van der Waals surface area contributed by atoms with Gasteiger partial charge in [-0.2, -0.15) is 0 Å². The average Bonchev–Trinajstić information content (AvgIpc) is 2.95. The van der Waals surface area contributed by atoms with Crippen LogP contribution in [-0.4, -0.2) is 26.1 Å². The first kappa shape index (κ1) is 14.9. The summed E-state index contributed by atoms with van der Waals surface area (Å²) in [6.45, 7) is 0.522. The largest absolute Gasteiger partial charge is 0.427 e. The Morgan fingerprint density at radius 2 is 1.91 bits per heavy atom. The van der Waals surface area contributed by atoms with E-state index in [-0.39, 0.29) is 6.04 Å². The fourth-order valence-electron chi connectivity index (χ4n) is 2.83. The fourth-order valence-corrected chi connectivity index (χ4v) is 2.83. The van der Waals surface area contributed by atoms with Crippen molar-refractivity contribution in [1.29, 1.82) is 0 Å². The first-order valence-electron chi connectivity index (χ1n) is 7.13. The fraction of sp³-hybridized carbons (Fsp3) is 0.176. The summed E-state index contributed by atoms with van der Waals surface area (Å²) in [7, 11) is 2.05. The topological polar surface area (TPSA) is 12.5 Å². The summed E-state index contributed by atoms with van der Waals surface area (Å²) in [5.74, 6) is -0.836. The smallest absolute Gasteiger partial charge is 0.364 e. The molecular formula is C17H16BF2NO. The summed E-state index contributed by atoms with van der Waals surface area (Å²) in [5, 5.41) is 0. The molecule has 0 spiro atoms. The van der Waals surface area contributed by atoms with Gasteiger partial charge >= 0.3 is 7.62 Å². The number of rotatable bonds is 4. The number of hydrogen-bond donors (Lipinski definition) is 0. The van der Waals surface area contributed by atoms with Gasteiger partial charge in [-0.15, -0.1) is 0 Å². The van der Waals surface area contributed by atoms with Gasteiger partial charge in [0.05, 0.1) is 0 Å². The highest BCUT2D eigenvalue weighted by Gasteiger charge is 2.28. The lowest BCUT2D eigenvalue weighted by Crippen LogP contribution is -2.29. The molecule has 0 unspecified atom stereocenters. The molecule has 2 nitrogen and oxygen atoms in total. The molecule has 5 heteroatoms. The van der Waals surface area contributed by atoms with E-state index in [2.05, 4.69) is 4.81 Å². The number of hydrogen-bond acceptors (Lipinski definition) is 2. The van der Waals surface area contributed by atoms with Crippen LogP contribution in [-0.2, 0) is 4.65 Å². The van der Waals surface area contributed by atoms with Crippen molar-refractivity contribution < 1.29 is 13.4 Å². The van der Waals surface area contributed by atoms with Crippen LogP contribution in [0.25, 0.3) is 5.57 Å². The monoisotopic (exact) mass is 299 g/mol. The molecule has 2 aromatic rings. The van der Waals surface area contributed by atoms with Gasteiger partial charge in [-0.25, -0.2) is 8.78 Å². The zero-order valence-electron chi connectivity index (χ0n) is 12.3. The molecule has 112 valence electrons. The van der Waals surface area contributed by atoms with Crippen LogP contribution in [0.3, 0.4) is 0 Å². The maximum Gasteiger partial charge on any atom is 0.364 e. The molecule has 1 atom stereocenters. The highest BCUT2D eigenvalue weighted by atomic mass is 19.1. The number of halogens is 2. The van der Waals surface area contributed by atoms with Crippen LogP contribution >= 0.6 is 0 Å².